The van der Waals surface area contributed by atoms with E-state index in [-0.39, 0.29) is 11.8 Å². The Hall–Kier alpha value is -1.43. The molecule has 0 N–H and O–H groups in total. The van der Waals surface area contributed by atoms with Crippen LogP contribution in [0.2, 0.25) is 0 Å². The largest absolute Gasteiger partial charge is 0.377 e. The van der Waals surface area contributed by atoms with Gasteiger partial charge in [0.05, 0.1) is 19.3 Å². The molecule has 5 nitrogen and oxygen atoms in total. The lowest BCUT2D eigenvalue weighted by Crippen LogP contribution is -2.42. The molecule has 138 valence electrons. The Bertz CT molecular complexity index is 523. The van der Waals surface area contributed by atoms with Gasteiger partial charge < -0.3 is 19.3 Å². The summed E-state index contributed by atoms with van der Waals surface area (Å²) in [6.07, 6.45) is 4.45. The average Bonchev–Trinajstić information content (AvgIpc) is 3.19. The van der Waals surface area contributed by atoms with E-state index in [0.717, 1.165) is 70.8 Å². The number of ether oxygens (including phenoxy) is 2. The first-order chi connectivity index (χ1) is 12.2. The number of amides is 1. The molecule has 2 fully saturated rings. The third kappa shape index (κ3) is 5.27. The second kappa shape index (κ2) is 9.32. The van der Waals surface area contributed by atoms with Gasteiger partial charge in [0, 0.05) is 31.8 Å². The second-order valence-electron chi connectivity index (χ2n) is 7.06. The highest BCUT2D eigenvalue weighted by Crippen LogP contribution is 2.22. The van der Waals surface area contributed by atoms with Gasteiger partial charge >= 0.3 is 0 Å². The molecular weight excluding hydrogens is 316 g/mol. The lowest BCUT2D eigenvalue weighted by molar-refractivity contribution is -0.123. The van der Waals surface area contributed by atoms with Gasteiger partial charge in [-0.2, -0.15) is 0 Å². The van der Waals surface area contributed by atoms with Crippen molar-refractivity contribution < 1.29 is 14.3 Å². The monoisotopic (exact) mass is 346 g/mol. The van der Waals surface area contributed by atoms with E-state index in [1.54, 1.807) is 4.90 Å². The van der Waals surface area contributed by atoms with Gasteiger partial charge in [0.2, 0.25) is 5.91 Å². The number of benzene rings is 1. The van der Waals surface area contributed by atoms with Gasteiger partial charge in [-0.15, -0.1) is 0 Å². The van der Waals surface area contributed by atoms with E-state index in [9.17, 15) is 4.79 Å². The highest BCUT2D eigenvalue weighted by molar-refractivity contribution is 5.94. The van der Waals surface area contributed by atoms with Crippen LogP contribution in [0.3, 0.4) is 0 Å². The van der Waals surface area contributed by atoms with Crippen LogP contribution in [-0.4, -0.2) is 63.4 Å². The van der Waals surface area contributed by atoms with Crippen LogP contribution in [0.5, 0.6) is 0 Å². The van der Waals surface area contributed by atoms with E-state index in [4.69, 9.17) is 9.47 Å². The van der Waals surface area contributed by atoms with Crippen molar-refractivity contribution in [3.8, 4) is 0 Å². The van der Waals surface area contributed by atoms with Crippen molar-refractivity contribution in [1.82, 2.24) is 4.90 Å². The number of piperidine rings is 1. The van der Waals surface area contributed by atoms with Crippen molar-refractivity contribution in [1.29, 1.82) is 0 Å². The van der Waals surface area contributed by atoms with Crippen LogP contribution in [0, 0.1) is 5.92 Å². The van der Waals surface area contributed by atoms with Gasteiger partial charge in [-0.05, 0) is 50.9 Å². The Labute approximate surface area is 150 Å². The van der Waals surface area contributed by atoms with Crippen LogP contribution in [0.15, 0.2) is 30.3 Å². The summed E-state index contributed by atoms with van der Waals surface area (Å²) >= 11 is 0. The Balaban J connectivity index is 1.34. The number of nitrogens with zero attached hydrogens (tertiary/aromatic N) is 2. The second-order valence-corrected chi connectivity index (χ2v) is 7.06. The van der Waals surface area contributed by atoms with Gasteiger partial charge in [-0.25, -0.2) is 0 Å². The van der Waals surface area contributed by atoms with Crippen LogP contribution in [-0.2, 0) is 14.3 Å². The average molecular weight is 346 g/mol. The minimum Gasteiger partial charge on any atom is -0.377 e. The molecular formula is C20H30N2O3. The Morgan fingerprint density at radius 2 is 2.00 bits per heavy atom. The highest BCUT2D eigenvalue weighted by Gasteiger charge is 2.27. The maximum atomic E-state index is 12.7. The highest BCUT2D eigenvalue weighted by atomic mass is 16.5. The van der Waals surface area contributed by atoms with E-state index in [2.05, 4.69) is 4.90 Å². The summed E-state index contributed by atoms with van der Waals surface area (Å²) < 4.78 is 11.3. The summed E-state index contributed by atoms with van der Waals surface area (Å²) in [6.45, 7) is 5.25. The predicted octanol–water partition coefficient (Wildman–Crippen LogP) is 2.56. The van der Waals surface area contributed by atoms with E-state index in [0.29, 0.717) is 6.10 Å². The quantitative estimate of drug-likeness (QED) is 0.712. The molecule has 1 aromatic carbocycles. The lowest BCUT2D eigenvalue weighted by atomic mass is 9.95. The smallest absolute Gasteiger partial charge is 0.229 e. The molecule has 2 aliphatic heterocycles. The zero-order valence-corrected chi connectivity index (χ0v) is 15.2. The van der Waals surface area contributed by atoms with Crippen molar-refractivity contribution in [2.45, 2.75) is 31.8 Å². The molecule has 0 unspecified atom stereocenters. The van der Waals surface area contributed by atoms with Crippen LogP contribution in [0.4, 0.5) is 5.69 Å². The van der Waals surface area contributed by atoms with Gasteiger partial charge in [0.25, 0.3) is 0 Å². The number of hydrogen-bond acceptors (Lipinski definition) is 4. The first-order valence-corrected chi connectivity index (χ1v) is 9.48. The molecule has 2 heterocycles. The van der Waals surface area contributed by atoms with Crippen molar-refractivity contribution in [3.63, 3.8) is 0 Å². The first-order valence-electron chi connectivity index (χ1n) is 9.48. The topological polar surface area (TPSA) is 42.0 Å². The molecule has 1 aromatic rings. The molecule has 0 radical (unpaired) electrons. The SMILES string of the molecule is CN(C(=O)C1CCN(CCOC[C@H]2CCCO2)CC1)c1ccccc1. The predicted molar refractivity (Wildman–Crippen MR) is 98.8 cm³/mol. The summed E-state index contributed by atoms with van der Waals surface area (Å²) in [4.78, 5) is 16.9. The minimum atomic E-state index is 0.134. The van der Waals surface area contributed by atoms with E-state index in [1.165, 1.54) is 0 Å². The molecule has 2 aliphatic rings. The number of para-hydroxylation sites is 1. The van der Waals surface area contributed by atoms with Crippen molar-refractivity contribution in [2.24, 2.45) is 5.92 Å². The van der Waals surface area contributed by atoms with Crippen LogP contribution in [0.1, 0.15) is 25.7 Å². The normalized spacial score (nSPS) is 22.2. The van der Waals surface area contributed by atoms with Gasteiger partial charge in [-0.1, -0.05) is 18.2 Å². The van der Waals surface area contributed by atoms with Crippen molar-refractivity contribution in [3.05, 3.63) is 30.3 Å². The zero-order valence-electron chi connectivity index (χ0n) is 15.2. The fourth-order valence-electron chi connectivity index (χ4n) is 3.64. The minimum absolute atomic E-state index is 0.134. The standard InChI is InChI=1S/C20H30N2O3/c1-21(18-6-3-2-4-7-18)20(23)17-9-11-22(12-10-17)13-15-24-16-19-8-5-14-25-19/h2-4,6-7,17,19H,5,8-16H2,1H3/t19-/m1/s1. The van der Waals surface area contributed by atoms with Crippen LogP contribution >= 0.6 is 0 Å². The molecule has 2 saturated heterocycles. The zero-order chi connectivity index (χ0) is 17.5. The van der Waals surface area contributed by atoms with E-state index in [1.807, 2.05) is 37.4 Å². The van der Waals surface area contributed by atoms with Gasteiger partial charge in [0.15, 0.2) is 0 Å². The molecule has 0 aliphatic carbocycles. The van der Waals surface area contributed by atoms with Crippen molar-refractivity contribution >= 4 is 11.6 Å². The molecule has 0 bridgehead atoms. The third-order valence-electron chi connectivity index (χ3n) is 5.29. The fourth-order valence-corrected chi connectivity index (χ4v) is 3.64. The van der Waals surface area contributed by atoms with Gasteiger partial charge in [0.1, 0.15) is 0 Å². The van der Waals surface area contributed by atoms with Crippen LogP contribution < -0.4 is 4.90 Å². The number of likely N-dealkylation sites (tertiary alicyclic amines) is 1. The van der Waals surface area contributed by atoms with Crippen LogP contribution in [0.25, 0.3) is 0 Å². The number of carbonyl (C=O) groups is 1. The molecule has 5 heteroatoms. The number of anilines is 1. The number of rotatable bonds is 7. The summed E-state index contributed by atoms with van der Waals surface area (Å²) in [6, 6.07) is 9.88. The van der Waals surface area contributed by atoms with Gasteiger partial charge in [-0.3, -0.25) is 4.79 Å². The Morgan fingerprint density at radius 3 is 2.68 bits per heavy atom. The van der Waals surface area contributed by atoms with Crippen molar-refractivity contribution in [2.75, 3.05) is 51.4 Å². The summed E-state index contributed by atoms with van der Waals surface area (Å²) in [7, 11) is 1.88. The Morgan fingerprint density at radius 1 is 1.24 bits per heavy atom. The molecule has 0 saturated carbocycles. The summed E-state index contributed by atoms with van der Waals surface area (Å²) in [5, 5.41) is 0. The lowest BCUT2D eigenvalue weighted by Gasteiger charge is -2.33. The Kier molecular flexibility index (Phi) is 6.84. The summed E-state index contributed by atoms with van der Waals surface area (Å²) in [5.74, 6) is 0.370. The molecule has 0 aromatic heterocycles. The maximum absolute atomic E-state index is 12.7. The fraction of sp³-hybridized carbons (Fsp3) is 0.650. The molecule has 25 heavy (non-hydrogen) atoms. The van der Waals surface area contributed by atoms with E-state index < -0.39 is 0 Å². The number of carbonyl (C=O) groups excluding carboxylic acids is 1. The third-order valence-corrected chi connectivity index (χ3v) is 5.29. The van der Waals surface area contributed by atoms with E-state index >= 15 is 0 Å². The molecule has 1 amide bonds. The number of hydrogen-bond donors (Lipinski definition) is 0. The molecule has 0 spiro atoms. The molecule has 3 rings (SSSR count). The maximum Gasteiger partial charge on any atom is 0.229 e. The summed E-state index contributed by atoms with van der Waals surface area (Å²) in [5.41, 5.74) is 0.970. The molecule has 1 atom stereocenters. The first kappa shape index (κ1) is 18.4.